The number of rotatable bonds is 0. The van der Waals surface area contributed by atoms with Crippen molar-refractivity contribution in [3.05, 3.63) is 58.1 Å². The van der Waals surface area contributed by atoms with Crippen molar-refractivity contribution in [1.82, 2.24) is 4.72 Å². The third kappa shape index (κ3) is 6.88. The van der Waals surface area contributed by atoms with Crippen molar-refractivity contribution < 1.29 is 28.2 Å². The molecule has 1 aliphatic carbocycles. The minimum absolute atomic E-state index is 0.00191. The molecule has 212 valence electrons. The lowest BCUT2D eigenvalue weighted by atomic mass is 9.69. The second-order valence-corrected chi connectivity index (χ2v) is 13.4. The molecule has 2 heterocycles. The summed E-state index contributed by atoms with van der Waals surface area (Å²) in [5, 5.41) is 22.0. The van der Waals surface area contributed by atoms with E-state index in [0.29, 0.717) is 36.8 Å². The van der Waals surface area contributed by atoms with Crippen molar-refractivity contribution >= 4 is 33.2 Å². The number of nitrogens with zero attached hydrogens (tertiary/aromatic N) is 1. The molecule has 2 aromatic rings. The molecule has 2 bridgehead atoms. The largest absolute Gasteiger partial charge is 0.487 e. The van der Waals surface area contributed by atoms with E-state index in [1.54, 1.807) is 18.2 Å². The fraction of sp³-hybridized carbons (Fsp3) is 0.552. The number of hydrogen-bond acceptors (Lipinski definition) is 7. The molecule has 3 aliphatic rings. The van der Waals surface area contributed by atoms with Gasteiger partial charge in [-0.05, 0) is 105 Å². The molecule has 1 amide bonds. The summed E-state index contributed by atoms with van der Waals surface area (Å²) in [4.78, 5) is 15.3. The quantitative estimate of drug-likeness (QED) is 0.433. The zero-order chi connectivity index (χ0) is 27.6. The van der Waals surface area contributed by atoms with Crippen molar-refractivity contribution in [2.24, 2.45) is 11.8 Å². The lowest BCUT2D eigenvalue weighted by Crippen LogP contribution is -2.44. The van der Waals surface area contributed by atoms with Crippen LogP contribution < -0.4 is 14.4 Å². The number of aryl methyl sites for hydroxylation is 1. The topological polar surface area (TPSA) is 116 Å². The molecule has 4 atom stereocenters. The van der Waals surface area contributed by atoms with Crippen LogP contribution in [0, 0.1) is 11.8 Å². The van der Waals surface area contributed by atoms with Gasteiger partial charge in [0.15, 0.2) is 0 Å². The van der Waals surface area contributed by atoms with Crippen molar-refractivity contribution in [2.75, 3.05) is 23.7 Å². The molecule has 0 aromatic heterocycles. The highest BCUT2D eigenvalue weighted by Crippen LogP contribution is 2.41. The van der Waals surface area contributed by atoms with Crippen LogP contribution in [0.25, 0.3) is 0 Å². The van der Waals surface area contributed by atoms with Gasteiger partial charge in [0, 0.05) is 23.7 Å². The molecule has 2 aromatic carbocycles. The lowest BCUT2D eigenvalue weighted by molar-refractivity contribution is 0.00159. The van der Waals surface area contributed by atoms with Gasteiger partial charge in [-0.2, -0.15) is 0 Å². The van der Waals surface area contributed by atoms with Crippen LogP contribution in [0.2, 0.25) is 5.02 Å². The van der Waals surface area contributed by atoms with Crippen LogP contribution >= 0.6 is 11.6 Å². The first-order valence-electron chi connectivity index (χ1n) is 13.9. The molecule has 3 N–H and O–H groups in total. The molecule has 2 aliphatic heterocycles. The normalized spacial score (nSPS) is 28.0. The standard InChI is InChI=1S/C29H37ClN2O6S/c30-23-7-4-22-18-38-28-11-6-20-16-26(28)32(13-2-1-3-19(22)15-23)17-21-5-9-25(21)27(34)10-8-24(33)12-14-39(36,37)31-29(20)35/h4,6-7,11,15-16,21,24-25,27,33-34H,1-3,5,8-10,12-14,17-18H2,(H,31,35)/t21-,24+,25+,27-/m0/s1. The van der Waals surface area contributed by atoms with Gasteiger partial charge < -0.3 is 19.8 Å². The van der Waals surface area contributed by atoms with E-state index in [9.17, 15) is 23.4 Å². The monoisotopic (exact) mass is 576 g/mol. The number of amides is 1. The van der Waals surface area contributed by atoms with Crippen LogP contribution in [0.5, 0.6) is 5.75 Å². The zero-order valence-electron chi connectivity index (χ0n) is 22.0. The summed E-state index contributed by atoms with van der Waals surface area (Å²) in [7, 11) is -3.94. The van der Waals surface area contributed by atoms with E-state index in [1.807, 2.05) is 18.2 Å². The van der Waals surface area contributed by atoms with E-state index in [1.165, 1.54) is 0 Å². The van der Waals surface area contributed by atoms with E-state index in [-0.39, 0.29) is 29.6 Å². The van der Waals surface area contributed by atoms with Gasteiger partial charge in [-0.1, -0.05) is 17.7 Å². The number of aliphatic hydroxyl groups excluding tert-OH is 2. The molecule has 5 rings (SSSR count). The maximum Gasteiger partial charge on any atom is 0.264 e. The first-order valence-corrected chi connectivity index (χ1v) is 15.9. The van der Waals surface area contributed by atoms with Gasteiger partial charge in [-0.25, -0.2) is 13.1 Å². The molecule has 0 unspecified atom stereocenters. The second kappa shape index (κ2) is 12.0. The Balaban J connectivity index is 1.51. The molecule has 0 spiro atoms. The fourth-order valence-electron chi connectivity index (χ4n) is 5.95. The van der Waals surface area contributed by atoms with E-state index >= 15 is 0 Å². The summed E-state index contributed by atoms with van der Waals surface area (Å²) in [6.07, 6.45) is 3.99. The molecule has 39 heavy (non-hydrogen) atoms. The van der Waals surface area contributed by atoms with E-state index in [2.05, 4.69) is 9.62 Å². The number of nitrogens with one attached hydrogen (secondary N) is 1. The van der Waals surface area contributed by atoms with Crippen LogP contribution in [-0.4, -0.2) is 55.6 Å². The molecule has 0 radical (unpaired) electrons. The molecule has 10 heteroatoms. The number of sulfonamides is 1. The van der Waals surface area contributed by atoms with Gasteiger partial charge in [-0.15, -0.1) is 0 Å². The summed E-state index contributed by atoms with van der Waals surface area (Å²) in [5.41, 5.74) is 3.20. The van der Waals surface area contributed by atoms with Crippen LogP contribution in [0.15, 0.2) is 36.4 Å². The molecule has 1 saturated carbocycles. The Bertz CT molecular complexity index is 1300. The zero-order valence-corrected chi connectivity index (χ0v) is 23.6. The van der Waals surface area contributed by atoms with Crippen molar-refractivity contribution in [3.8, 4) is 5.75 Å². The van der Waals surface area contributed by atoms with Gasteiger partial charge >= 0.3 is 0 Å². The highest BCUT2D eigenvalue weighted by Gasteiger charge is 2.38. The minimum atomic E-state index is -3.94. The Morgan fingerprint density at radius 2 is 1.82 bits per heavy atom. The smallest absolute Gasteiger partial charge is 0.264 e. The number of carbonyl (C=O) groups is 1. The Kier molecular flexibility index (Phi) is 8.71. The van der Waals surface area contributed by atoms with Gasteiger partial charge in [0.05, 0.1) is 23.6 Å². The Labute approximate surface area is 235 Å². The fourth-order valence-corrected chi connectivity index (χ4v) is 7.23. The van der Waals surface area contributed by atoms with Gasteiger partial charge in [0.25, 0.3) is 5.91 Å². The average molecular weight is 577 g/mol. The van der Waals surface area contributed by atoms with Crippen molar-refractivity contribution in [1.29, 1.82) is 0 Å². The summed E-state index contributed by atoms with van der Waals surface area (Å²) < 4.78 is 33.7. The van der Waals surface area contributed by atoms with Crippen LogP contribution in [0.3, 0.4) is 0 Å². The highest BCUT2D eigenvalue weighted by molar-refractivity contribution is 7.90. The van der Waals surface area contributed by atoms with E-state index < -0.39 is 28.1 Å². The Morgan fingerprint density at radius 3 is 2.62 bits per heavy atom. The maximum atomic E-state index is 13.0. The summed E-state index contributed by atoms with van der Waals surface area (Å²) in [6.45, 7) is 1.77. The third-order valence-electron chi connectivity index (χ3n) is 8.43. The third-order valence-corrected chi connectivity index (χ3v) is 9.93. The number of halogens is 1. The van der Waals surface area contributed by atoms with Gasteiger partial charge in [0.1, 0.15) is 12.4 Å². The number of ether oxygens (including phenoxy) is 1. The van der Waals surface area contributed by atoms with Crippen LogP contribution in [0.1, 0.15) is 66.4 Å². The average Bonchev–Trinajstić information content (AvgIpc) is 2.91. The maximum absolute atomic E-state index is 13.0. The van der Waals surface area contributed by atoms with Crippen LogP contribution in [-0.2, 0) is 23.1 Å². The number of benzene rings is 2. The predicted octanol–water partition coefficient (Wildman–Crippen LogP) is 4.05. The molecular formula is C29H37ClN2O6S. The molecule has 0 saturated heterocycles. The SMILES string of the molecule is O=C1NS(=O)(=O)CC[C@H](O)CC[C@H](O)[C@@H]2CC[C@H]2CN2CCCCc3cc(Cl)ccc3COc3ccc1cc32. The predicted molar refractivity (Wildman–Crippen MR) is 151 cm³/mol. The summed E-state index contributed by atoms with van der Waals surface area (Å²) >= 11 is 6.27. The number of aliphatic hydroxyl groups is 2. The van der Waals surface area contributed by atoms with Crippen molar-refractivity contribution in [2.45, 2.75) is 70.2 Å². The number of carbonyl (C=O) groups excluding carboxylic acids is 1. The number of hydrogen-bond donors (Lipinski definition) is 3. The van der Waals surface area contributed by atoms with Gasteiger partial charge in [-0.3, -0.25) is 4.79 Å². The number of fused-ring (bicyclic) bond motifs is 3. The molecule has 8 nitrogen and oxygen atoms in total. The minimum Gasteiger partial charge on any atom is -0.487 e. The van der Waals surface area contributed by atoms with Crippen molar-refractivity contribution in [3.63, 3.8) is 0 Å². The summed E-state index contributed by atoms with van der Waals surface area (Å²) in [6, 6.07) is 10.9. The van der Waals surface area contributed by atoms with E-state index in [0.717, 1.165) is 55.5 Å². The second-order valence-electron chi connectivity index (χ2n) is 11.1. The Hall–Kier alpha value is -2.33. The van der Waals surface area contributed by atoms with Gasteiger partial charge in [0.2, 0.25) is 10.0 Å². The summed E-state index contributed by atoms with van der Waals surface area (Å²) in [5.74, 6) is -0.0549. The van der Waals surface area contributed by atoms with E-state index in [4.69, 9.17) is 16.3 Å². The first-order chi connectivity index (χ1) is 18.7. The number of anilines is 1. The lowest BCUT2D eigenvalue weighted by Gasteiger charge is -2.43. The molecule has 1 fully saturated rings. The Morgan fingerprint density at radius 1 is 0.974 bits per heavy atom. The van der Waals surface area contributed by atoms with Crippen LogP contribution in [0.4, 0.5) is 5.69 Å². The molecular weight excluding hydrogens is 540 g/mol. The highest BCUT2D eigenvalue weighted by atomic mass is 35.5. The first kappa shape index (κ1) is 28.2.